The Balaban J connectivity index is 0. The van der Waals surface area contributed by atoms with Crippen molar-refractivity contribution < 1.29 is 19.2 Å². The molecule has 0 atom stereocenters. The number of rotatable bonds is 2. The Morgan fingerprint density at radius 1 is 1.10 bits per heavy atom. The summed E-state index contributed by atoms with van der Waals surface area (Å²) in [6, 6.07) is 0. The smallest absolute Gasteiger partial charge is 0.303 e. The van der Waals surface area contributed by atoms with Crippen LogP contribution in [-0.4, -0.2) is 14.7 Å². The molecule has 0 saturated carbocycles. The van der Waals surface area contributed by atoms with Crippen LogP contribution in [0.1, 0.15) is 33.1 Å². The van der Waals surface area contributed by atoms with E-state index in [9.17, 15) is 0 Å². The van der Waals surface area contributed by atoms with E-state index in [0.717, 1.165) is 0 Å². The Morgan fingerprint density at radius 2 is 1.30 bits per heavy atom. The van der Waals surface area contributed by atoms with Gasteiger partial charge in [0, 0.05) is 0 Å². The SMILES string of the molecule is CCCCC.O=P(O)(O)O. The summed E-state index contributed by atoms with van der Waals surface area (Å²) in [5, 5.41) is 0. The largest absolute Gasteiger partial charge is 0.466 e. The van der Waals surface area contributed by atoms with Crippen LogP contribution in [0.25, 0.3) is 0 Å². The summed E-state index contributed by atoms with van der Waals surface area (Å²) >= 11 is 0. The standard InChI is InChI=1S/C5H12.H3O4P/c1-3-5-4-2;1-5(2,3)4/h3-5H2,1-2H3;(H3,1,2,3,4). The van der Waals surface area contributed by atoms with Crippen molar-refractivity contribution in [2.24, 2.45) is 0 Å². The summed E-state index contributed by atoms with van der Waals surface area (Å²) in [4.78, 5) is 21.6. The highest BCUT2D eigenvalue weighted by Crippen LogP contribution is 2.25. The van der Waals surface area contributed by atoms with E-state index in [1.54, 1.807) is 0 Å². The van der Waals surface area contributed by atoms with Crippen molar-refractivity contribution in [2.45, 2.75) is 33.1 Å². The molecule has 0 fully saturated rings. The molecule has 0 heterocycles. The molecule has 3 N–H and O–H groups in total. The maximum absolute atomic E-state index is 8.88. The van der Waals surface area contributed by atoms with Crippen LogP contribution in [0.3, 0.4) is 0 Å². The van der Waals surface area contributed by atoms with Crippen molar-refractivity contribution >= 4 is 7.82 Å². The number of unbranched alkanes of at least 4 members (excludes halogenated alkanes) is 2. The molecule has 0 radical (unpaired) electrons. The molecular formula is C5H15O4P. The zero-order valence-electron chi connectivity index (χ0n) is 6.32. The Bertz CT molecular complexity index is 87.6. The molecule has 4 nitrogen and oxygen atoms in total. The molecule has 0 unspecified atom stereocenters. The van der Waals surface area contributed by atoms with Gasteiger partial charge >= 0.3 is 7.82 Å². The molecule has 0 rings (SSSR count). The highest BCUT2D eigenvalue weighted by Gasteiger charge is 2.00. The van der Waals surface area contributed by atoms with E-state index in [1.165, 1.54) is 19.3 Å². The molecule has 0 aromatic heterocycles. The lowest BCUT2D eigenvalue weighted by Crippen LogP contribution is -1.66. The fourth-order valence-electron chi connectivity index (χ4n) is 0.354. The summed E-state index contributed by atoms with van der Waals surface area (Å²) in [7, 11) is -4.64. The monoisotopic (exact) mass is 170 g/mol. The van der Waals surface area contributed by atoms with Crippen molar-refractivity contribution in [1.29, 1.82) is 0 Å². The van der Waals surface area contributed by atoms with Gasteiger partial charge in [-0.3, -0.25) is 0 Å². The maximum atomic E-state index is 8.88. The van der Waals surface area contributed by atoms with E-state index in [1.807, 2.05) is 0 Å². The fraction of sp³-hybridized carbons (Fsp3) is 1.00. The predicted octanol–water partition coefficient (Wildman–Crippen LogP) is 1.27. The first-order valence-electron chi connectivity index (χ1n) is 3.20. The lowest BCUT2D eigenvalue weighted by atomic mass is 10.3. The third-order valence-electron chi connectivity index (χ3n) is 0.707. The lowest BCUT2D eigenvalue weighted by Gasteiger charge is -1.82. The molecule has 5 heteroatoms. The topological polar surface area (TPSA) is 77.8 Å². The van der Waals surface area contributed by atoms with Crippen molar-refractivity contribution in [3.63, 3.8) is 0 Å². The van der Waals surface area contributed by atoms with Gasteiger partial charge in [-0.15, -0.1) is 0 Å². The van der Waals surface area contributed by atoms with Crippen molar-refractivity contribution in [3.05, 3.63) is 0 Å². The van der Waals surface area contributed by atoms with Gasteiger partial charge in [0.15, 0.2) is 0 Å². The van der Waals surface area contributed by atoms with E-state index < -0.39 is 7.82 Å². The zero-order chi connectivity index (χ0) is 8.62. The number of hydrogen-bond donors (Lipinski definition) is 3. The quantitative estimate of drug-likeness (QED) is 0.545. The van der Waals surface area contributed by atoms with Crippen LogP contribution in [0.15, 0.2) is 0 Å². The van der Waals surface area contributed by atoms with Crippen LogP contribution in [0, 0.1) is 0 Å². The second-order valence-electron chi connectivity index (χ2n) is 1.87. The third-order valence-corrected chi connectivity index (χ3v) is 0.707. The Kier molecular flexibility index (Phi) is 9.21. The number of phosphoric acid groups is 1. The molecule has 0 spiro atoms. The van der Waals surface area contributed by atoms with Gasteiger partial charge in [-0.2, -0.15) is 0 Å². The van der Waals surface area contributed by atoms with E-state index in [2.05, 4.69) is 13.8 Å². The van der Waals surface area contributed by atoms with Crippen LogP contribution in [0.5, 0.6) is 0 Å². The van der Waals surface area contributed by atoms with Crippen LogP contribution in [0.2, 0.25) is 0 Å². The van der Waals surface area contributed by atoms with Gasteiger partial charge < -0.3 is 14.7 Å². The van der Waals surface area contributed by atoms with Gasteiger partial charge in [-0.1, -0.05) is 33.1 Å². The first-order chi connectivity index (χ1) is 4.41. The molecule has 0 aromatic carbocycles. The van der Waals surface area contributed by atoms with E-state index in [0.29, 0.717) is 0 Å². The highest BCUT2D eigenvalue weighted by molar-refractivity contribution is 7.45. The van der Waals surface area contributed by atoms with Crippen molar-refractivity contribution in [2.75, 3.05) is 0 Å². The van der Waals surface area contributed by atoms with Crippen LogP contribution in [-0.2, 0) is 4.57 Å². The molecule has 0 aliphatic rings. The Hall–Kier alpha value is 0.110. The predicted molar refractivity (Wildman–Crippen MR) is 39.5 cm³/mol. The minimum Gasteiger partial charge on any atom is -0.303 e. The van der Waals surface area contributed by atoms with Gasteiger partial charge in [0.2, 0.25) is 0 Å². The molecule has 0 amide bonds. The summed E-state index contributed by atoms with van der Waals surface area (Å²) in [6.07, 6.45) is 4.08. The van der Waals surface area contributed by atoms with Crippen LogP contribution < -0.4 is 0 Å². The summed E-state index contributed by atoms with van der Waals surface area (Å²) in [6.45, 7) is 4.42. The summed E-state index contributed by atoms with van der Waals surface area (Å²) in [5.41, 5.74) is 0. The molecule has 0 aromatic rings. The second kappa shape index (κ2) is 7.22. The molecule has 0 saturated heterocycles. The fourth-order valence-corrected chi connectivity index (χ4v) is 0.354. The molecular weight excluding hydrogens is 155 g/mol. The van der Waals surface area contributed by atoms with Crippen LogP contribution in [0.4, 0.5) is 0 Å². The van der Waals surface area contributed by atoms with E-state index in [4.69, 9.17) is 19.2 Å². The molecule has 64 valence electrons. The number of hydrogen-bond acceptors (Lipinski definition) is 1. The minimum atomic E-state index is -4.64. The molecule has 10 heavy (non-hydrogen) atoms. The van der Waals surface area contributed by atoms with Crippen LogP contribution >= 0.6 is 7.82 Å². The van der Waals surface area contributed by atoms with Crippen molar-refractivity contribution in [3.8, 4) is 0 Å². The highest BCUT2D eigenvalue weighted by atomic mass is 31.2. The molecule has 0 aliphatic heterocycles. The van der Waals surface area contributed by atoms with Gasteiger partial charge in [-0.05, 0) is 0 Å². The zero-order valence-corrected chi connectivity index (χ0v) is 7.21. The average molecular weight is 170 g/mol. The first-order valence-corrected chi connectivity index (χ1v) is 4.76. The third kappa shape index (κ3) is 92.1. The molecule has 0 bridgehead atoms. The summed E-state index contributed by atoms with van der Waals surface area (Å²) in [5.74, 6) is 0. The second-order valence-corrected chi connectivity index (χ2v) is 2.89. The van der Waals surface area contributed by atoms with E-state index in [-0.39, 0.29) is 0 Å². The van der Waals surface area contributed by atoms with Gasteiger partial charge in [0.1, 0.15) is 0 Å². The normalized spacial score (nSPS) is 10.1. The minimum absolute atomic E-state index is 1.34. The summed E-state index contributed by atoms with van der Waals surface area (Å²) < 4.78 is 8.88. The Labute approximate surface area is 61.1 Å². The first kappa shape index (κ1) is 12.8. The average Bonchev–Trinajstić information content (AvgIpc) is 1.63. The van der Waals surface area contributed by atoms with Gasteiger partial charge in [0.25, 0.3) is 0 Å². The van der Waals surface area contributed by atoms with Gasteiger partial charge in [0.05, 0.1) is 0 Å². The van der Waals surface area contributed by atoms with E-state index >= 15 is 0 Å². The lowest BCUT2D eigenvalue weighted by molar-refractivity contribution is 0.275. The Morgan fingerprint density at radius 3 is 1.30 bits per heavy atom. The van der Waals surface area contributed by atoms with Gasteiger partial charge in [-0.25, -0.2) is 4.57 Å². The molecule has 0 aliphatic carbocycles. The maximum Gasteiger partial charge on any atom is 0.466 e. The van der Waals surface area contributed by atoms with Crippen molar-refractivity contribution in [1.82, 2.24) is 0 Å².